The number of sulfonamides is 1. The fourth-order valence-corrected chi connectivity index (χ4v) is 5.60. The van der Waals surface area contributed by atoms with Crippen LogP contribution < -0.4 is 5.32 Å². The summed E-state index contributed by atoms with van der Waals surface area (Å²) in [6, 6.07) is 23.9. The second-order valence-corrected chi connectivity index (χ2v) is 11.6. The molecular formula is C27H29N5O3S2. The number of aromatic nitrogens is 3. The van der Waals surface area contributed by atoms with E-state index in [4.69, 9.17) is 0 Å². The number of rotatable bonds is 11. The van der Waals surface area contributed by atoms with Gasteiger partial charge in [0.05, 0.1) is 11.4 Å². The van der Waals surface area contributed by atoms with Crippen molar-refractivity contribution in [2.45, 2.75) is 30.4 Å². The molecule has 8 nitrogen and oxygen atoms in total. The number of amides is 1. The lowest BCUT2D eigenvalue weighted by Crippen LogP contribution is -2.40. The predicted molar refractivity (Wildman–Crippen MR) is 146 cm³/mol. The van der Waals surface area contributed by atoms with Crippen LogP contribution in [0.2, 0.25) is 0 Å². The van der Waals surface area contributed by atoms with E-state index in [2.05, 4.69) is 20.5 Å². The molecule has 0 atom stereocenters. The first kappa shape index (κ1) is 26.6. The molecule has 37 heavy (non-hydrogen) atoms. The van der Waals surface area contributed by atoms with Crippen molar-refractivity contribution in [1.82, 2.24) is 24.8 Å². The van der Waals surface area contributed by atoms with Gasteiger partial charge in [-0.15, -0.1) is 5.10 Å². The molecule has 0 saturated carbocycles. The lowest BCUT2D eigenvalue weighted by atomic mass is 10.1. The molecule has 0 saturated heterocycles. The summed E-state index contributed by atoms with van der Waals surface area (Å²) in [6.45, 7) is 4.03. The monoisotopic (exact) mass is 535 g/mol. The number of nitrogens with one attached hydrogen (secondary N) is 2. The minimum atomic E-state index is -3.88. The van der Waals surface area contributed by atoms with E-state index in [1.807, 2.05) is 68.4 Å². The number of benzene rings is 3. The maximum absolute atomic E-state index is 13.4. The number of aryl methyl sites for hydroxylation is 2. The van der Waals surface area contributed by atoms with Crippen LogP contribution >= 0.6 is 11.8 Å². The van der Waals surface area contributed by atoms with E-state index in [9.17, 15) is 13.2 Å². The summed E-state index contributed by atoms with van der Waals surface area (Å²) in [5, 5.41) is 10.5. The van der Waals surface area contributed by atoms with Crippen LogP contribution in [0.25, 0.3) is 11.4 Å². The van der Waals surface area contributed by atoms with Gasteiger partial charge in [0.15, 0.2) is 5.82 Å². The highest BCUT2D eigenvalue weighted by molar-refractivity contribution is 7.99. The van der Waals surface area contributed by atoms with Gasteiger partial charge in [-0.2, -0.15) is 4.31 Å². The Bertz CT molecular complexity index is 1420. The van der Waals surface area contributed by atoms with Crippen molar-refractivity contribution >= 4 is 27.7 Å². The molecule has 0 radical (unpaired) electrons. The number of hydrogen-bond acceptors (Lipinski definition) is 6. The molecule has 0 unspecified atom stereocenters. The van der Waals surface area contributed by atoms with E-state index in [1.165, 1.54) is 16.1 Å². The van der Waals surface area contributed by atoms with Gasteiger partial charge in [0, 0.05) is 24.4 Å². The van der Waals surface area contributed by atoms with Crippen LogP contribution in [0.1, 0.15) is 16.7 Å². The molecule has 192 valence electrons. The van der Waals surface area contributed by atoms with Gasteiger partial charge in [-0.3, -0.25) is 9.89 Å². The van der Waals surface area contributed by atoms with Gasteiger partial charge in [0.25, 0.3) is 0 Å². The quantitative estimate of drug-likeness (QED) is 0.220. The number of nitrogens with zero attached hydrogens (tertiary/aromatic N) is 3. The Labute approximate surface area is 221 Å². The number of hydrogen-bond donors (Lipinski definition) is 2. The van der Waals surface area contributed by atoms with Crippen LogP contribution in [0, 0.1) is 13.8 Å². The summed E-state index contributed by atoms with van der Waals surface area (Å²) in [6.07, 6.45) is 0. The summed E-state index contributed by atoms with van der Waals surface area (Å²) in [4.78, 5) is 17.4. The molecule has 0 aliphatic rings. The van der Waals surface area contributed by atoms with Crippen molar-refractivity contribution in [1.29, 1.82) is 0 Å². The molecule has 4 rings (SSSR count). The third-order valence-electron chi connectivity index (χ3n) is 5.63. The fraction of sp³-hybridized carbons (Fsp3) is 0.222. The molecule has 0 spiro atoms. The van der Waals surface area contributed by atoms with Crippen molar-refractivity contribution in [3.63, 3.8) is 0 Å². The number of aromatic amines is 1. The minimum absolute atomic E-state index is 0.0953. The van der Waals surface area contributed by atoms with Gasteiger partial charge in [-0.25, -0.2) is 13.4 Å². The van der Waals surface area contributed by atoms with Crippen LogP contribution in [-0.4, -0.2) is 52.7 Å². The normalized spacial score (nSPS) is 11.5. The van der Waals surface area contributed by atoms with Gasteiger partial charge in [0.1, 0.15) is 0 Å². The highest BCUT2D eigenvalue weighted by Crippen LogP contribution is 2.20. The average Bonchev–Trinajstić information content (AvgIpc) is 3.37. The summed E-state index contributed by atoms with van der Waals surface area (Å²) in [5.74, 6) is 0.851. The molecule has 0 aliphatic heterocycles. The average molecular weight is 536 g/mol. The highest BCUT2D eigenvalue weighted by atomic mass is 32.2. The van der Waals surface area contributed by atoms with Crippen LogP contribution in [0.15, 0.2) is 88.9 Å². The fourth-order valence-electron chi connectivity index (χ4n) is 3.57. The zero-order valence-corrected chi connectivity index (χ0v) is 22.3. The smallest absolute Gasteiger partial charge is 0.243 e. The molecule has 1 heterocycles. The summed E-state index contributed by atoms with van der Waals surface area (Å²) < 4.78 is 28.0. The second kappa shape index (κ2) is 12.2. The molecule has 1 amide bonds. The zero-order valence-electron chi connectivity index (χ0n) is 20.7. The Kier molecular flexibility index (Phi) is 8.75. The standard InChI is InChI=1S/C27H29N5O3S2/c1-20-8-12-22(13-9-20)18-32(37(34,35)24-14-10-21(2)11-15-24)19-25(33)28-16-17-36-27-29-26(30-31-27)23-6-4-3-5-7-23/h3-15H,16-19H2,1-2H3,(H,28,33)(H,29,30,31). The van der Waals surface area contributed by atoms with Crippen LogP contribution in [-0.2, 0) is 21.4 Å². The van der Waals surface area contributed by atoms with Crippen molar-refractivity contribution in [2.75, 3.05) is 18.8 Å². The predicted octanol–water partition coefficient (Wildman–Crippen LogP) is 4.19. The van der Waals surface area contributed by atoms with E-state index in [-0.39, 0.29) is 23.9 Å². The van der Waals surface area contributed by atoms with Crippen LogP contribution in [0.5, 0.6) is 0 Å². The maximum atomic E-state index is 13.4. The van der Waals surface area contributed by atoms with Gasteiger partial charge in [0.2, 0.25) is 21.1 Å². The van der Waals surface area contributed by atoms with Crippen molar-refractivity contribution in [2.24, 2.45) is 0 Å². The molecule has 3 aromatic carbocycles. The Hall–Kier alpha value is -3.47. The van der Waals surface area contributed by atoms with Gasteiger partial charge in [-0.1, -0.05) is 89.6 Å². The molecule has 0 bridgehead atoms. The summed E-state index contributed by atoms with van der Waals surface area (Å²) >= 11 is 1.40. The Morgan fingerprint density at radius 2 is 1.59 bits per heavy atom. The van der Waals surface area contributed by atoms with E-state index in [0.29, 0.717) is 23.3 Å². The first-order valence-electron chi connectivity index (χ1n) is 11.8. The molecule has 4 aromatic rings. The van der Waals surface area contributed by atoms with Gasteiger partial charge in [-0.05, 0) is 31.5 Å². The molecule has 0 aliphatic carbocycles. The number of carbonyl (C=O) groups excluding carboxylic acids is 1. The van der Waals surface area contributed by atoms with E-state index in [0.717, 1.165) is 22.3 Å². The topological polar surface area (TPSA) is 108 Å². The van der Waals surface area contributed by atoms with Crippen LogP contribution in [0.3, 0.4) is 0 Å². The first-order valence-corrected chi connectivity index (χ1v) is 14.2. The number of carbonyl (C=O) groups is 1. The van der Waals surface area contributed by atoms with Crippen molar-refractivity contribution in [3.05, 3.63) is 95.6 Å². The van der Waals surface area contributed by atoms with Gasteiger partial charge >= 0.3 is 0 Å². The summed E-state index contributed by atoms with van der Waals surface area (Å²) in [7, 11) is -3.88. The first-order chi connectivity index (χ1) is 17.8. The molecule has 1 aromatic heterocycles. The summed E-state index contributed by atoms with van der Waals surface area (Å²) in [5.41, 5.74) is 3.79. The lowest BCUT2D eigenvalue weighted by molar-refractivity contribution is -0.121. The molecular weight excluding hydrogens is 506 g/mol. The Balaban J connectivity index is 1.36. The van der Waals surface area contributed by atoms with Crippen molar-refractivity contribution < 1.29 is 13.2 Å². The third-order valence-corrected chi connectivity index (χ3v) is 8.28. The SMILES string of the molecule is Cc1ccc(CN(CC(=O)NCCSc2n[nH]c(-c3ccccc3)n2)S(=O)(=O)c2ccc(C)cc2)cc1. The lowest BCUT2D eigenvalue weighted by Gasteiger charge is -2.22. The molecule has 0 fully saturated rings. The van der Waals surface area contributed by atoms with E-state index < -0.39 is 10.0 Å². The minimum Gasteiger partial charge on any atom is -0.354 e. The van der Waals surface area contributed by atoms with Gasteiger partial charge < -0.3 is 5.32 Å². The molecule has 10 heteroatoms. The van der Waals surface area contributed by atoms with Crippen molar-refractivity contribution in [3.8, 4) is 11.4 Å². The largest absolute Gasteiger partial charge is 0.354 e. The Morgan fingerprint density at radius 3 is 2.27 bits per heavy atom. The van der Waals surface area contributed by atoms with Crippen LogP contribution in [0.4, 0.5) is 0 Å². The Morgan fingerprint density at radius 1 is 0.946 bits per heavy atom. The third kappa shape index (κ3) is 7.28. The number of H-pyrrole nitrogens is 1. The van der Waals surface area contributed by atoms with E-state index >= 15 is 0 Å². The zero-order chi connectivity index (χ0) is 26.3. The van der Waals surface area contributed by atoms with E-state index in [1.54, 1.807) is 24.3 Å². The highest BCUT2D eigenvalue weighted by Gasteiger charge is 2.27. The number of thioether (sulfide) groups is 1. The molecule has 2 N–H and O–H groups in total. The maximum Gasteiger partial charge on any atom is 0.243 e. The second-order valence-electron chi connectivity index (χ2n) is 8.60.